The zero-order valence-electron chi connectivity index (χ0n) is 3.33. The molecule has 0 unspecified atom stereocenters. The molecule has 2 N–H and O–H groups in total. The normalized spacial score (nSPS) is 9.33. The van der Waals surface area contributed by atoms with Crippen molar-refractivity contribution in [1.82, 2.24) is 0 Å². The van der Waals surface area contributed by atoms with Crippen LogP contribution in [0.1, 0.15) is 0 Å². The van der Waals surface area contributed by atoms with Crippen LogP contribution >= 0.6 is 0 Å². The fourth-order valence-corrected chi connectivity index (χ4v) is 0.0856. The minimum Gasteiger partial charge on any atom is -0.305 e. The van der Waals surface area contributed by atoms with Gasteiger partial charge in [-0.1, -0.05) is 11.3 Å². The Labute approximate surface area is 36.5 Å². The Morgan fingerprint density at radius 2 is 2.33 bits per heavy atom. The summed E-state index contributed by atoms with van der Waals surface area (Å²) < 4.78 is 0. The summed E-state index contributed by atoms with van der Waals surface area (Å²) in [7, 11) is 0. The Morgan fingerprint density at radius 3 is 2.50 bits per heavy atom. The molecule has 6 heavy (non-hydrogen) atoms. The molecule has 0 aliphatic rings. The average Bonchev–Trinajstić information content (AvgIpc) is 1.61. The Kier molecular flexibility index (Phi) is 3.55. The molecule has 0 saturated heterocycles. The standard InChI is InChI=1S/C3H6N3/c1-2-3-5-6-4/h2-3H,1H2,(H2,4,5). The minimum absolute atomic E-state index is 1.40. The first-order valence-electron chi connectivity index (χ1n) is 1.46. The van der Waals surface area contributed by atoms with Crippen molar-refractivity contribution in [2.24, 2.45) is 16.2 Å². The molecule has 0 bridgehead atoms. The average molecular weight is 84.1 g/mol. The number of hydrogen-bond acceptors (Lipinski definition) is 2. The number of hydrogen-bond donors (Lipinski definition) is 1. The fraction of sp³-hybridized carbons (Fsp3) is 0. The first-order chi connectivity index (χ1) is 2.91. The van der Waals surface area contributed by atoms with E-state index in [4.69, 9.17) is 0 Å². The highest BCUT2D eigenvalue weighted by Crippen LogP contribution is 1.75. The molecular formula is C3H6N3. The molecule has 33 valence electrons. The monoisotopic (exact) mass is 84.1 g/mol. The number of nitrogens with two attached hydrogens (primary N) is 1. The van der Waals surface area contributed by atoms with Crippen molar-refractivity contribution in [1.29, 1.82) is 0 Å². The van der Waals surface area contributed by atoms with Gasteiger partial charge in [0, 0.05) is 0 Å². The Balaban J connectivity index is 2.85. The zero-order valence-corrected chi connectivity index (χ0v) is 3.33. The lowest BCUT2D eigenvalue weighted by Crippen LogP contribution is -1.72. The fourth-order valence-electron chi connectivity index (χ4n) is 0.0856. The van der Waals surface area contributed by atoms with E-state index in [0.29, 0.717) is 0 Å². The SMILES string of the molecule is C=C[CH]/N=N\N. The molecule has 0 aromatic heterocycles. The molecule has 0 spiro atoms. The predicted octanol–water partition coefficient (Wildman–Crippen LogP) is 0.660. The second kappa shape index (κ2) is 4.14. The first-order valence-corrected chi connectivity index (χ1v) is 1.46. The molecule has 0 fully saturated rings. The van der Waals surface area contributed by atoms with Crippen LogP contribution in [0.5, 0.6) is 0 Å². The zero-order chi connectivity index (χ0) is 4.83. The van der Waals surface area contributed by atoms with Crippen molar-refractivity contribution in [3.63, 3.8) is 0 Å². The predicted molar refractivity (Wildman–Crippen MR) is 23.5 cm³/mol. The topological polar surface area (TPSA) is 50.7 Å². The Morgan fingerprint density at radius 1 is 1.67 bits per heavy atom. The summed E-state index contributed by atoms with van der Waals surface area (Å²) in [5.74, 6) is 4.59. The van der Waals surface area contributed by atoms with Crippen molar-refractivity contribution >= 4 is 0 Å². The van der Waals surface area contributed by atoms with E-state index in [0.717, 1.165) is 0 Å². The van der Waals surface area contributed by atoms with E-state index in [2.05, 4.69) is 22.8 Å². The third-order valence-electron chi connectivity index (χ3n) is 0.239. The highest BCUT2D eigenvalue weighted by Gasteiger charge is 1.60. The van der Waals surface area contributed by atoms with Crippen LogP contribution in [0.2, 0.25) is 0 Å². The van der Waals surface area contributed by atoms with E-state index in [1.54, 1.807) is 0 Å². The Hall–Kier alpha value is -0.860. The van der Waals surface area contributed by atoms with Crippen molar-refractivity contribution in [2.75, 3.05) is 0 Å². The number of rotatable bonds is 2. The van der Waals surface area contributed by atoms with Gasteiger partial charge in [-0.2, -0.15) is 5.11 Å². The van der Waals surface area contributed by atoms with E-state index in [1.165, 1.54) is 12.6 Å². The summed E-state index contributed by atoms with van der Waals surface area (Å²) in [6, 6.07) is 0. The van der Waals surface area contributed by atoms with Crippen molar-refractivity contribution < 1.29 is 0 Å². The van der Waals surface area contributed by atoms with Crippen molar-refractivity contribution in [3.8, 4) is 0 Å². The molecule has 0 aromatic rings. The first kappa shape index (κ1) is 5.14. The third kappa shape index (κ3) is 3.14. The lowest BCUT2D eigenvalue weighted by Gasteiger charge is -1.69. The second-order valence-electron chi connectivity index (χ2n) is 0.616. The van der Waals surface area contributed by atoms with Gasteiger partial charge in [0.05, 0.1) is 0 Å². The van der Waals surface area contributed by atoms with Gasteiger partial charge in [-0.3, -0.25) is 0 Å². The van der Waals surface area contributed by atoms with Crippen LogP contribution in [0, 0.1) is 6.54 Å². The van der Waals surface area contributed by atoms with E-state index >= 15 is 0 Å². The van der Waals surface area contributed by atoms with Crippen LogP contribution in [0.25, 0.3) is 0 Å². The van der Waals surface area contributed by atoms with Gasteiger partial charge < -0.3 is 5.84 Å². The van der Waals surface area contributed by atoms with E-state index < -0.39 is 0 Å². The minimum atomic E-state index is 1.40. The van der Waals surface area contributed by atoms with Gasteiger partial charge in [0.1, 0.15) is 6.54 Å². The molecule has 0 aliphatic heterocycles. The lowest BCUT2D eigenvalue weighted by molar-refractivity contribution is 1.03. The molecule has 0 aromatic carbocycles. The van der Waals surface area contributed by atoms with Gasteiger partial charge in [0.25, 0.3) is 0 Å². The lowest BCUT2D eigenvalue weighted by atomic mass is 10.7. The van der Waals surface area contributed by atoms with Crippen LogP contribution in [-0.2, 0) is 0 Å². The van der Waals surface area contributed by atoms with E-state index in [9.17, 15) is 0 Å². The summed E-state index contributed by atoms with van der Waals surface area (Å²) >= 11 is 0. The maximum atomic E-state index is 4.59. The summed E-state index contributed by atoms with van der Waals surface area (Å²) in [5.41, 5.74) is 0. The summed E-state index contributed by atoms with van der Waals surface area (Å²) in [6.07, 6.45) is 1.50. The van der Waals surface area contributed by atoms with Crippen LogP contribution < -0.4 is 5.84 Å². The summed E-state index contributed by atoms with van der Waals surface area (Å²) in [5, 5.41) is 6.17. The molecule has 0 heterocycles. The maximum Gasteiger partial charge on any atom is 0.118 e. The van der Waals surface area contributed by atoms with Gasteiger partial charge in [-0.05, 0) is 0 Å². The highest BCUT2D eigenvalue weighted by atomic mass is 15.3. The molecule has 0 saturated carbocycles. The molecule has 0 aliphatic carbocycles. The van der Waals surface area contributed by atoms with Crippen LogP contribution in [0.15, 0.2) is 23.0 Å². The molecule has 0 rings (SSSR count). The summed E-state index contributed by atoms with van der Waals surface area (Å²) in [4.78, 5) is 0. The molecular weight excluding hydrogens is 78.1 g/mol. The van der Waals surface area contributed by atoms with Crippen LogP contribution in [0.3, 0.4) is 0 Å². The van der Waals surface area contributed by atoms with Gasteiger partial charge >= 0.3 is 0 Å². The molecule has 0 atom stereocenters. The maximum absolute atomic E-state index is 4.59. The molecule has 1 radical (unpaired) electrons. The smallest absolute Gasteiger partial charge is 0.118 e. The van der Waals surface area contributed by atoms with Crippen molar-refractivity contribution in [2.45, 2.75) is 0 Å². The van der Waals surface area contributed by atoms with Gasteiger partial charge in [-0.15, -0.1) is 6.58 Å². The van der Waals surface area contributed by atoms with E-state index in [1.807, 2.05) is 0 Å². The molecule has 3 heteroatoms. The second-order valence-corrected chi connectivity index (χ2v) is 0.616. The summed E-state index contributed by atoms with van der Waals surface area (Å²) in [6.45, 7) is 4.74. The highest BCUT2D eigenvalue weighted by molar-refractivity contribution is 4.81. The van der Waals surface area contributed by atoms with Gasteiger partial charge in [0.15, 0.2) is 0 Å². The van der Waals surface area contributed by atoms with Crippen LogP contribution in [-0.4, -0.2) is 0 Å². The largest absolute Gasteiger partial charge is 0.305 e. The van der Waals surface area contributed by atoms with Crippen LogP contribution in [0.4, 0.5) is 0 Å². The third-order valence-corrected chi connectivity index (χ3v) is 0.239. The van der Waals surface area contributed by atoms with Crippen molar-refractivity contribution in [3.05, 3.63) is 19.2 Å². The molecule has 0 amide bonds. The Bertz CT molecular complexity index is 57.1. The van der Waals surface area contributed by atoms with Gasteiger partial charge in [0.2, 0.25) is 0 Å². The number of nitrogens with zero attached hydrogens (tertiary/aromatic N) is 2. The van der Waals surface area contributed by atoms with Gasteiger partial charge in [-0.25, -0.2) is 0 Å². The quantitative estimate of drug-likeness (QED) is 0.298. The van der Waals surface area contributed by atoms with E-state index in [-0.39, 0.29) is 0 Å². The molecule has 3 nitrogen and oxygen atoms in total.